The number of fused-ring (bicyclic) bond motifs is 1. The van der Waals surface area contributed by atoms with Gasteiger partial charge in [0.15, 0.2) is 0 Å². The molecule has 1 aliphatic rings. The van der Waals surface area contributed by atoms with E-state index in [1.54, 1.807) is 0 Å². The summed E-state index contributed by atoms with van der Waals surface area (Å²) < 4.78 is 10.2. The molecule has 0 radical (unpaired) electrons. The van der Waals surface area contributed by atoms with E-state index >= 15 is 0 Å². The number of aromatic nitrogens is 1. The van der Waals surface area contributed by atoms with Crippen LogP contribution in [0.1, 0.15) is 18.4 Å². The first-order chi connectivity index (χ1) is 12.5. The maximum absolute atomic E-state index is 12.0. The van der Waals surface area contributed by atoms with Crippen molar-refractivity contribution in [2.75, 3.05) is 6.61 Å². The Labute approximate surface area is 150 Å². The number of aryl methyl sites for hydroxylation is 1. The largest absolute Gasteiger partial charge is 0.433 e. The van der Waals surface area contributed by atoms with Gasteiger partial charge in [-0.25, -0.2) is 0 Å². The van der Waals surface area contributed by atoms with Crippen molar-refractivity contribution in [1.29, 1.82) is 0 Å². The molecule has 2 aromatic rings. The molecule has 5 N–H and O–H groups in total. The van der Waals surface area contributed by atoms with E-state index in [2.05, 4.69) is 4.98 Å². The summed E-state index contributed by atoms with van der Waals surface area (Å²) in [5.41, 5.74) is 2.13. The number of carbonyl (C=O) groups excluding carboxylic acids is 1. The minimum atomic E-state index is -1.58. The molecule has 0 spiro atoms. The minimum Gasteiger partial charge on any atom is -0.433 e. The molecule has 26 heavy (non-hydrogen) atoms. The van der Waals surface area contributed by atoms with E-state index in [1.807, 2.05) is 30.5 Å². The van der Waals surface area contributed by atoms with E-state index in [1.165, 1.54) is 0 Å². The standard InChI is InChI=1S/C18H23NO7/c20-9-13-15(22)16(23)17(24)18(25-13)26-14(21)7-3-4-10-8-19-12-6-2-1-5-11(10)12/h1-2,5-6,8,13,15-20,22-24H,3-4,7,9H2/t13-,15-,16+,17-,18+/m1/s1. The Morgan fingerprint density at radius 2 is 1.92 bits per heavy atom. The third kappa shape index (κ3) is 3.89. The fourth-order valence-corrected chi connectivity index (χ4v) is 3.11. The van der Waals surface area contributed by atoms with Crippen LogP contribution in [0.5, 0.6) is 0 Å². The molecule has 1 aromatic carbocycles. The van der Waals surface area contributed by atoms with Gasteiger partial charge in [-0.15, -0.1) is 0 Å². The maximum atomic E-state index is 12.0. The zero-order valence-corrected chi connectivity index (χ0v) is 14.1. The molecule has 8 heteroatoms. The quantitative estimate of drug-likeness (QED) is 0.449. The number of esters is 1. The summed E-state index contributed by atoms with van der Waals surface area (Å²) in [6.07, 6.45) is -3.92. The van der Waals surface area contributed by atoms with Crippen LogP contribution in [0.15, 0.2) is 30.5 Å². The van der Waals surface area contributed by atoms with E-state index in [4.69, 9.17) is 14.6 Å². The molecule has 0 aliphatic carbocycles. The first-order valence-electron chi connectivity index (χ1n) is 8.56. The van der Waals surface area contributed by atoms with Gasteiger partial charge in [0, 0.05) is 23.5 Å². The summed E-state index contributed by atoms with van der Waals surface area (Å²) in [5, 5.41) is 39.5. The van der Waals surface area contributed by atoms with Crippen LogP contribution in [-0.4, -0.2) is 68.7 Å². The zero-order chi connectivity index (χ0) is 18.7. The van der Waals surface area contributed by atoms with Crippen molar-refractivity contribution in [2.24, 2.45) is 0 Å². The van der Waals surface area contributed by atoms with Crippen LogP contribution in [0.3, 0.4) is 0 Å². The second kappa shape index (κ2) is 8.15. The van der Waals surface area contributed by atoms with Gasteiger partial charge in [0.25, 0.3) is 0 Å². The fraction of sp³-hybridized carbons (Fsp3) is 0.500. The lowest BCUT2D eigenvalue weighted by atomic mass is 9.99. The Morgan fingerprint density at radius 3 is 2.69 bits per heavy atom. The molecule has 0 bridgehead atoms. The number of hydrogen-bond donors (Lipinski definition) is 5. The second-order valence-electron chi connectivity index (χ2n) is 6.40. The highest BCUT2D eigenvalue weighted by Crippen LogP contribution is 2.23. The van der Waals surface area contributed by atoms with Crippen molar-refractivity contribution in [3.8, 4) is 0 Å². The number of rotatable bonds is 6. The lowest BCUT2D eigenvalue weighted by molar-refractivity contribution is -0.292. The monoisotopic (exact) mass is 365 g/mol. The molecule has 8 nitrogen and oxygen atoms in total. The average Bonchev–Trinajstić information content (AvgIpc) is 3.05. The number of carbonyl (C=O) groups is 1. The minimum absolute atomic E-state index is 0.106. The molecular formula is C18H23NO7. The predicted octanol–water partition coefficient (Wildman–Crippen LogP) is -0.166. The van der Waals surface area contributed by atoms with Crippen LogP contribution in [0.25, 0.3) is 10.9 Å². The van der Waals surface area contributed by atoms with Gasteiger partial charge >= 0.3 is 5.97 Å². The van der Waals surface area contributed by atoms with E-state index in [9.17, 15) is 20.1 Å². The number of aliphatic hydroxyl groups is 4. The molecule has 142 valence electrons. The third-order valence-electron chi connectivity index (χ3n) is 4.60. The Bertz CT molecular complexity index is 744. The molecule has 1 saturated heterocycles. The average molecular weight is 365 g/mol. The number of benzene rings is 1. The molecule has 1 fully saturated rings. The summed E-state index contributed by atoms with van der Waals surface area (Å²) >= 11 is 0. The van der Waals surface area contributed by atoms with Crippen molar-refractivity contribution in [1.82, 2.24) is 4.98 Å². The molecule has 1 aliphatic heterocycles. The molecule has 0 unspecified atom stereocenters. The highest BCUT2D eigenvalue weighted by molar-refractivity contribution is 5.83. The van der Waals surface area contributed by atoms with Crippen LogP contribution in [-0.2, 0) is 20.7 Å². The van der Waals surface area contributed by atoms with Crippen LogP contribution < -0.4 is 0 Å². The number of ether oxygens (including phenoxy) is 2. The van der Waals surface area contributed by atoms with Crippen LogP contribution in [0, 0.1) is 0 Å². The molecule has 1 aromatic heterocycles. The van der Waals surface area contributed by atoms with Gasteiger partial charge in [0.05, 0.1) is 6.61 Å². The van der Waals surface area contributed by atoms with Gasteiger partial charge < -0.3 is 34.9 Å². The molecular weight excluding hydrogens is 342 g/mol. The van der Waals surface area contributed by atoms with Gasteiger partial charge in [-0.05, 0) is 24.5 Å². The SMILES string of the molecule is O=C(CCCc1c[nH]c2ccccc12)O[C@@H]1O[C@H](CO)[C@@H](O)[C@H](O)[C@H]1O. The number of aromatic amines is 1. The Morgan fingerprint density at radius 1 is 1.15 bits per heavy atom. The highest BCUT2D eigenvalue weighted by atomic mass is 16.7. The topological polar surface area (TPSA) is 132 Å². The smallest absolute Gasteiger partial charge is 0.308 e. The number of nitrogens with one attached hydrogen (secondary N) is 1. The summed E-state index contributed by atoms with van der Waals surface area (Å²) in [6.45, 7) is -0.570. The second-order valence-corrected chi connectivity index (χ2v) is 6.40. The number of hydrogen-bond acceptors (Lipinski definition) is 7. The highest BCUT2D eigenvalue weighted by Gasteiger charge is 2.45. The van der Waals surface area contributed by atoms with Crippen molar-refractivity contribution < 1.29 is 34.7 Å². The normalized spacial score (nSPS) is 29.0. The summed E-state index contributed by atoms with van der Waals surface area (Å²) in [5.74, 6) is -0.589. The van der Waals surface area contributed by atoms with Crippen LogP contribution in [0.2, 0.25) is 0 Å². The van der Waals surface area contributed by atoms with E-state index in [-0.39, 0.29) is 6.42 Å². The van der Waals surface area contributed by atoms with E-state index in [0.717, 1.165) is 16.5 Å². The Hall–Kier alpha value is -1.97. The number of aliphatic hydroxyl groups excluding tert-OH is 4. The first kappa shape index (κ1) is 18.8. The predicted molar refractivity (Wildman–Crippen MR) is 91.1 cm³/mol. The lowest BCUT2D eigenvalue weighted by Crippen LogP contribution is -2.59. The van der Waals surface area contributed by atoms with Crippen molar-refractivity contribution in [2.45, 2.75) is 50.0 Å². The van der Waals surface area contributed by atoms with E-state index < -0.39 is 43.3 Å². The van der Waals surface area contributed by atoms with Crippen molar-refractivity contribution in [3.63, 3.8) is 0 Å². The Balaban J connectivity index is 1.51. The summed E-state index contributed by atoms with van der Waals surface area (Å²) in [6, 6.07) is 7.88. The Kier molecular flexibility index (Phi) is 5.90. The molecule has 5 atom stereocenters. The van der Waals surface area contributed by atoms with Crippen LogP contribution >= 0.6 is 0 Å². The van der Waals surface area contributed by atoms with Crippen LogP contribution in [0.4, 0.5) is 0 Å². The maximum Gasteiger partial charge on any atom is 0.308 e. The fourth-order valence-electron chi connectivity index (χ4n) is 3.11. The first-order valence-corrected chi connectivity index (χ1v) is 8.56. The molecule has 3 rings (SSSR count). The molecule has 2 heterocycles. The van der Waals surface area contributed by atoms with Gasteiger partial charge in [-0.1, -0.05) is 18.2 Å². The van der Waals surface area contributed by atoms with Gasteiger partial charge in [-0.3, -0.25) is 4.79 Å². The van der Waals surface area contributed by atoms with Gasteiger partial charge in [0.1, 0.15) is 24.4 Å². The van der Waals surface area contributed by atoms with Crippen molar-refractivity contribution in [3.05, 3.63) is 36.0 Å². The van der Waals surface area contributed by atoms with Crippen molar-refractivity contribution >= 4 is 16.9 Å². The number of H-pyrrole nitrogens is 1. The lowest BCUT2D eigenvalue weighted by Gasteiger charge is -2.39. The summed E-state index contributed by atoms with van der Waals surface area (Å²) in [7, 11) is 0. The van der Waals surface area contributed by atoms with Gasteiger partial charge in [-0.2, -0.15) is 0 Å². The molecule has 0 saturated carbocycles. The number of para-hydroxylation sites is 1. The molecule has 0 amide bonds. The summed E-state index contributed by atoms with van der Waals surface area (Å²) in [4.78, 5) is 15.2. The van der Waals surface area contributed by atoms with E-state index in [0.29, 0.717) is 12.8 Å². The van der Waals surface area contributed by atoms with Gasteiger partial charge in [0.2, 0.25) is 6.29 Å². The third-order valence-corrected chi connectivity index (χ3v) is 4.60. The zero-order valence-electron chi connectivity index (χ0n) is 14.1.